The highest BCUT2D eigenvalue weighted by Crippen LogP contribution is 2.16. The molecule has 0 atom stereocenters. The number of anilines is 2. The minimum absolute atomic E-state index is 0.144. The van der Waals surface area contributed by atoms with Gasteiger partial charge in [-0.3, -0.25) is 5.32 Å². The van der Waals surface area contributed by atoms with Crippen LogP contribution in [0.25, 0.3) is 0 Å². The van der Waals surface area contributed by atoms with Crippen molar-refractivity contribution in [2.75, 3.05) is 17.7 Å². The predicted octanol–water partition coefficient (Wildman–Crippen LogP) is 2.43. The van der Waals surface area contributed by atoms with Crippen LogP contribution in [-0.2, 0) is 0 Å². The van der Waals surface area contributed by atoms with Crippen molar-refractivity contribution in [3.8, 4) is 5.75 Å². The fraction of sp³-hybridized carbons (Fsp3) is 0.0714. The molecule has 2 aromatic rings. The standard InChI is InChI=1S/C14H13N3O4/c1-21-10-5-2-4-9(8-10)15-14(20)17-12-7-3-6-11(16-12)13(18)19/h2-8H,1H3,(H,18,19)(H2,15,16,17,20). The maximum absolute atomic E-state index is 11.8. The summed E-state index contributed by atoms with van der Waals surface area (Å²) in [6, 6.07) is 10.6. The van der Waals surface area contributed by atoms with Gasteiger partial charge in [-0.05, 0) is 24.3 Å². The number of ether oxygens (including phenoxy) is 1. The summed E-state index contributed by atoms with van der Waals surface area (Å²) in [5.74, 6) is -0.402. The molecule has 1 heterocycles. The van der Waals surface area contributed by atoms with Gasteiger partial charge in [0.2, 0.25) is 0 Å². The van der Waals surface area contributed by atoms with Crippen LogP contribution in [0.2, 0.25) is 0 Å². The van der Waals surface area contributed by atoms with E-state index in [0.29, 0.717) is 11.4 Å². The van der Waals surface area contributed by atoms with Crippen LogP contribution in [0.1, 0.15) is 10.5 Å². The molecule has 108 valence electrons. The van der Waals surface area contributed by atoms with E-state index in [1.165, 1.54) is 25.3 Å². The fourth-order valence-corrected chi connectivity index (χ4v) is 1.60. The number of carbonyl (C=O) groups is 2. The summed E-state index contributed by atoms with van der Waals surface area (Å²) in [7, 11) is 1.53. The Hall–Kier alpha value is -3.09. The molecule has 0 spiro atoms. The van der Waals surface area contributed by atoms with E-state index in [9.17, 15) is 9.59 Å². The van der Waals surface area contributed by atoms with Gasteiger partial charge in [0, 0.05) is 11.8 Å². The first-order valence-corrected chi connectivity index (χ1v) is 6.01. The third-order valence-corrected chi connectivity index (χ3v) is 2.54. The number of urea groups is 1. The molecular weight excluding hydrogens is 274 g/mol. The molecule has 0 fully saturated rings. The van der Waals surface area contributed by atoms with Crippen molar-refractivity contribution >= 4 is 23.5 Å². The van der Waals surface area contributed by atoms with Gasteiger partial charge in [0.05, 0.1) is 7.11 Å². The van der Waals surface area contributed by atoms with Crippen molar-refractivity contribution in [1.29, 1.82) is 0 Å². The summed E-state index contributed by atoms with van der Waals surface area (Å²) >= 11 is 0. The largest absolute Gasteiger partial charge is 0.497 e. The van der Waals surface area contributed by atoms with Crippen LogP contribution in [0.15, 0.2) is 42.5 Å². The highest BCUT2D eigenvalue weighted by Gasteiger charge is 2.08. The third-order valence-electron chi connectivity index (χ3n) is 2.54. The Balaban J connectivity index is 2.04. The van der Waals surface area contributed by atoms with Crippen LogP contribution in [0.5, 0.6) is 5.75 Å². The molecule has 2 amide bonds. The van der Waals surface area contributed by atoms with Crippen LogP contribution in [-0.4, -0.2) is 29.2 Å². The van der Waals surface area contributed by atoms with Gasteiger partial charge in [-0.15, -0.1) is 0 Å². The van der Waals surface area contributed by atoms with Crippen LogP contribution in [0, 0.1) is 0 Å². The predicted molar refractivity (Wildman–Crippen MR) is 76.8 cm³/mol. The lowest BCUT2D eigenvalue weighted by Gasteiger charge is -2.08. The summed E-state index contributed by atoms with van der Waals surface area (Å²) in [5.41, 5.74) is 0.399. The summed E-state index contributed by atoms with van der Waals surface area (Å²) in [4.78, 5) is 26.4. The number of nitrogens with one attached hydrogen (secondary N) is 2. The molecule has 1 aromatic heterocycles. The summed E-state index contributed by atoms with van der Waals surface area (Å²) in [6.07, 6.45) is 0. The molecule has 1 aromatic carbocycles. The lowest BCUT2D eigenvalue weighted by molar-refractivity contribution is 0.0690. The number of carboxylic acids is 1. The van der Waals surface area contributed by atoms with Crippen molar-refractivity contribution in [2.24, 2.45) is 0 Å². The molecular formula is C14H13N3O4. The summed E-state index contributed by atoms with van der Waals surface area (Å²) in [6.45, 7) is 0. The Morgan fingerprint density at radius 2 is 1.90 bits per heavy atom. The van der Waals surface area contributed by atoms with Gasteiger partial charge in [0.25, 0.3) is 0 Å². The number of methoxy groups -OCH3 is 1. The molecule has 3 N–H and O–H groups in total. The molecule has 21 heavy (non-hydrogen) atoms. The molecule has 0 radical (unpaired) electrons. The third kappa shape index (κ3) is 3.93. The lowest BCUT2D eigenvalue weighted by Crippen LogP contribution is -2.20. The molecule has 0 aliphatic heterocycles. The van der Waals surface area contributed by atoms with Gasteiger partial charge < -0.3 is 15.2 Å². The van der Waals surface area contributed by atoms with E-state index in [1.807, 2.05) is 0 Å². The van der Waals surface area contributed by atoms with Crippen LogP contribution >= 0.6 is 0 Å². The first-order valence-electron chi connectivity index (χ1n) is 6.01. The zero-order chi connectivity index (χ0) is 15.2. The average molecular weight is 287 g/mol. The van der Waals surface area contributed by atoms with Gasteiger partial charge in [-0.2, -0.15) is 0 Å². The van der Waals surface area contributed by atoms with E-state index in [1.54, 1.807) is 24.3 Å². The molecule has 0 saturated carbocycles. The van der Waals surface area contributed by atoms with Crippen molar-refractivity contribution < 1.29 is 19.4 Å². The van der Waals surface area contributed by atoms with Gasteiger partial charge in [0.15, 0.2) is 5.69 Å². The quantitative estimate of drug-likeness (QED) is 0.801. The molecule has 7 heteroatoms. The zero-order valence-corrected chi connectivity index (χ0v) is 11.2. The SMILES string of the molecule is COc1cccc(NC(=O)Nc2cccc(C(=O)O)n2)c1. The average Bonchev–Trinajstić information content (AvgIpc) is 2.47. The Morgan fingerprint density at radius 1 is 1.14 bits per heavy atom. The molecule has 0 bridgehead atoms. The monoisotopic (exact) mass is 287 g/mol. The fourth-order valence-electron chi connectivity index (χ4n) is 1.60. The number of pyridine rings is 1. The normalized spacial score (nSPS) is 9.76. The molecule has 2 rings (SSSR count). The van der Waals surface area contributed by atoms with Gasteiger partial charge in [-0.1, -0.05) is 12.1 Å². The number of aromatic carboxylic acids is 1. The molecule has 0 unspecified atom stereocenters. The first-order chi connectivity index (χ1) is 10.1. The number of amides is 2. The van der Waals surface area contributed by atoms with Crippen LogP contribution < -0.4 is 15.4 Å². The second-order valence-corrected chi connectivity index (χ2v) is 4.02. The van der Waals surface area contributed by atoms with Crippen molar-refractivity contribution in [2.45, 2.75) is 0 Å². The van der Waals surface area contributed by atoms with Crippen LogP contribution in [0.3, 0.4) is 0 Å². The number of hydrogen-bond donors (Lipinski definition) is 3. The first kappa shape index (κ1) is 14.3. The highest BCUT2D eigenvalue weighted by molar-refractivity contribution is 5.99. The van der Waals surface area contributed by atoms with E-state index in [0.717, 1.165) is 0 Å². The van der Waals surface area contributed by atoms with Gasteiger partial charge >= 0.3 is 12.0 Å². The second-order valence-electron chi connectivity index (χ2n) is 4.02. The Morgan fingerprint density at radius 3 is 2.62 bits per heavy atom. The minimum Gasteiger partial charge on any atom is -0.497 e. The Bertz CT molecular complexity index is 673. The van der Waals surface area contributed by atoms with E-state index in [4.69, 9.17) is 9.84 Å². The molecule has 0 saturated heterocycles. The van der Waals surface area contributed by atoms with Crippen molar-refractivity contribution in [3.05, 3.63) is 48.2 Å². The van der Waals surface area contributed by atoms with E-state index in [2.05, 4.69) is 15.6 Å². The Labute approximate surface area is 120 Å². The maximum atomic E-state index is 11.8. The molecule has 0 aliphatic carbocycles. The topological polar surface area (TPSA) is 101 Å². The smallest absolute Gasteiger partial charge is 0.354 e. The van der Waals surface area contributed by atoms with Gasteiger partial charge in [-0.25, -0.2) is 14.6 Å². The second kappa shape index (κ2) is 6.38. The number of aromatic nitrogens is 1. The number of rotatable bonds is 4. The number of nitrogens with zero attached hydrogens (tertiary/aromatic N) is 1. The highest BCUT2D eigenvalue weighted by atomic mass is 16.5. The van der Waals surface area contributed by atoms with Gasteiger partial charge in [0.1, 0.15) is 11.6 Å². The maximum Gasteiger partial charge on any atom is 0.354 e. The number of carboxylic acid groups (broad SMARTS) is 1. The number of hydrogen-bond acceptors (Lipinski definition) is 4. The lowest BCUT2D eigenvalue weighted by atomic mass is 10.3. The number of carbonyl (C=O) groups excluding carboxylic acids is 1. The van der Waals surface area contributed by atoms with Crippen molar-refractivity contribution in [1.82, 2.24) is 4.98 Å². The molecule has 7 nitrogen and oxygen atoms in total. The number of benzene rings is 1. The van der Waals surface area contributed by atoms with Crippen molar-refractivity contribution in [3.63, 3.8) is 0 Å². The zero-order valence-electron chi connectivity index (χ0n) is 11.2. The molecule has 0 aliphatic rings. The van der Waals surface area contributed by atoms with Crippen LogP contribution in [0.4, 0.5) is 16.3 Å². The summed E-state index contributed by atoms with van der Waals surface area (Å²) < 4.78 is 5.05. The summed E-state index contributed by atoms with van der Waals surface area (Å²) in [5, 5.41) is 13.9. The minimum atomic E-state index is -1.16. The van der Waals surface area contributed by atoms with E-state index in [-0.39, 0.29) is 11.5 Å². The van der Waals surface area contributed by atoms with E-state index < -0.39 is 12.0 Å². The Kier molecular flexibility index (Phi) is 4.35. The van der Waals surface area contributed by atoms with E-state index >= 15 is 0 Å².